The highest BCUT2D eigenvalue weighted by molar-refractivity contribution is 6.37. The Kier molecular flexibility index (Phi) is 4.48. The fourth-order valence-electron chi connectivity index (χ4n) is 2.80. The van der Waals surface area contributed by atoms with Gasteiger partial charge in [0, 0.05) is 24.4 Å². The smallest absolute Gasteiger partial charge is 0.265 e. The Hall–Kier alpha value is -3.04. The number of fused-ring (bicyclic) bond motifs is 1. The van der Waals surface area contributed by atoms with Crippen molar-refractivity contribution in [3.8, 4) is 0 Å². The van der Waals surface area contributed by atoms with E-state index < -0.39 is 17.7 Å². The number of nitrogens with one attached hydrogen (secondary N) is 1. The summed E-state index contributed by atoms with van der Waals surface area (Å²) < 4.78 is 1.30. The molecule has 0 spiro atoms. The molecule has 1 aromatic heterocycles. The lowest BCUT2D eigenvalue weighted by atomic mass is 10.1. The van der Waals surface area contributed by atoms with E-state index in [0.717, 1.165) is 0 Å². The summed E-state index contributed by atoms with van der Waals surface area (Å²) in [6.07, 6.45) is 1.49. The van der Waals surface area contributed by atoms with Crippen molar-refractivity contribution in [3.63, 3.8) is 0 Å². The van der Waals surface area contributed by atoms with E-state index in [-0.39, 0.29) is 16.5 Å². The van der Waals surface area contributed by atoms with Crippen LogP contribution in [0, 0.1) is 12.8 Å². The number of hydrazone groups is 1. The molecule has 142 valence electrons. The molecular weight excluding hydrogens is 405 g/mol. The number of halogens is 2. The maximum atomic E-state index is 12.6. The van der Waals surface area contributed by atoms with Gasteiger partial charge in [-0.2, -0.15) is 24.9 Å². The predicted octanol–water partition coefficient (Wildman–Crippen LogP) is 2.44. The molecule has 0 saturated heterocycles. The summed E-state index contributed by atoms with van der Waals surface area (Å²) in [7, 11) is 1.69. The average molecular weight is 418 g/mol. The zero-order valence-electron chi connectivity index (χ0n) is 14.7. The van der Waals surface area contributed by atoms with Crippen LogP contribution in [-0.4, -0.2) is 51.7 Å². The number of anilines is 1. The molecule has 1 atom stereocenters. The van der Waals surface area contributed by atoms with Gasteiger partial charge in [0.1, 0.15) is 17.6 Å². The Labute approximate surface area is 169 Å². The topological polar surface area (TPSA) is 104 Å². The molecule has 2 aliphatic heterocycles. The fraction of sp³-hybridized carbons (Fsp3) is 0.176. The first-order chi connectivity index (χ1) is 13.3. The van der Waals surface area contributed by atoms with Gasteiger partial charge in [0.25, 0.3) is 17.8 Å². The maximum absolute atomic E-state index is 12.6. The molecule has 1 aromatic carbocycles. The first-order valence-electron chi connectivity index (χ1n) is 8.16. The number of amidine groups is 1. The van der Waals surface area contributed by atoms with Crippen LogP contribution >= 0.6 is 23.2 Å². The molecule has 4 rings (SSSR count). The molecule has 1 N–H and O–H groups in total. The fourth-order valence-corrected chi connectivity index (χ4v) is 3.29. The van der Waals surface area contributed by atoms with Gasteiger partial charge in [-0.25, -0.2) is 0 Å². The third-order valence-electron chi connectivity index (χ3n) is 4.13. The second-order valence-electron chi connectivity index (χ2n) is 6.15. The number of amides is 2. The summed E-state index contributed by atoms with van der Waals surface area (Å²) in [6.45, 7) is 1.74. The lowest BCUT2D eigenvalue weighted by Crippen LogP contribution is -2.35. The lowest BCUT2D eigenvalue weighted by Gasteiger charge is -2.17. The summed E-state index contributed by atoms with van der Waals surface area (Å²) >= 11 is 12.0. The van der Waals surface area contributed by atoms with E-state index in [1.54, 1.807) is 26.1 Å². The molecule has 0 fully saturated rings. The minimum Gasteiger partial charge on any atom is -0.306 e. The molecule has 2 aromatic rings. The second-order valence-corrected chi connectivity index (χ2v) is 6.99. The Morgan fingerprint density at radius 1 is 1.21 bits per heavy atom. The number of benzene rings is 1. The molecule has 2 aliphatic rings. The number of hydrogen-bond acceptors (Lipinski definition) is 6. The highest BCUT2D eigenvalue weighted by Crippen LogP contribution is 2.23. The number of rotatable bonds is 2. The van der Waals surface area contributed by atoms with Gasteiger partial charge in [0.2, 0.25) is 0 Å². The molecule has 0 radical (unpaired) electrons. The molecule has 0 bridgehead atoms. The zero-order chi connectivity index (χ0) is 20.0. The standard InChI is InChI=1S/C17H13Cl2N7O2/c1-8-5-13(21-15(27)10-4-3-9(18)6-12(10)19)26(24-8)17-22-14-11(16(28)23-17)7-20-25(14)2/h3-7,11H,1-2H3,(H,21,27). The van der Waals surface area contributed by atoms with Crippen molar-refractivity contribution < 1.29 is 9.59 Å². The van der Waals surface area contributed by atoms with Crippen LogP contribution in [-0.2, 0) is 4.79 Å². The predicted molar refractivity (Wildman–Crippen MR) is 106 cm³/mol. The van der Waals surface area contributed by atoms with Gasteiger partial charge in [-0.05, 0) is 25.1 Å². The number of carbonyl (C=O) groups is 2. The minimum atomic E-state index is -0.601. The van der Waals surface area contributed by atoms with Crippen molar-refractivity contribution in [2.24, 2.45) is 21.0 Å². The number of carbonyl (C=O) groups excluding carboxylic acids is 2. The quantitative estimate of drug-likeness (QED) is 0.809. The Morgan fingerprint density at radius 3 is 2.75 bits per heavy atom. The largest absolute Gasteiger partial charge is 0.306 e. The Morgan fingerprint density at radius 2 is 2.00 bits per heavy atom. The molecule has 0 saturated carbocycles. The summed E-state index contributed by atoms with van der Waals surface area (Å²) in [5.74, 6) is -0.683. The SMILES string of the molecule is Cc1cc(NC(=O)c2ccc(Cl)cc2Cl)n(C2=NC(=O)C3C=NN(C)C3=N2)n1. The van der Waals surface area contributed by atoms with Crippen LogP contribution in [0.3, 0.4) is 0 Å². The van der Waals surface area contributed by atoms with Crippen LogP contribution in [0.2, 0.25) is 10.0 Å². The van der Waals surface area contributed by atoms with Crippen LogP contribution in [0.15, 0.2) is 39.4 Å². The average Bonchev–Trinajstić information content (AvgIpc) is 3.18. The van der Waals surface area contributed by atoms with Crippen molar-refractivity contribution in [1.29, 1.82) is 0 Å². The summed E-state index contributed by atoms with van der Waals surface area (Å²) in [5, 5.41) is 13.2. The van der Waals surface area contributed by atoms with Crippen molar-refractivity contribution in [1.82, 2.24) is 14.8 Å². The number of aliphatic imine (C=N–C) groups is 2. The minimum absolute atomic E-state index is 0.0409. The van der Waals surface area contributed by atoms with E-state index in [0.29, 0.717) is 22.4 Å². The van der Waals surface area contributed by atoms with Crippen molar-refractivity contribution in [3.05, 3.63) is 45.6 Å². The Balaban J connectivity index is 1.67. The van der Waals surface area contributed by atoms with Crippen molar-refractivity contribution >= 4 is 58.8 Å². The van der Waals surface area contributed by atoms with E-state index >= 15 is 0 Å². The van der Waals surface area contributed by atoms with Crippen molar-refractivity contribution in [2.45, 2.75) is 6.92 Å². The van der Waals surface area contributed by atoms with Crippen LogP contribution in [0.4, 0.5) is 5.82 Å². The number of hydrogen-bond donors (Lipinski definition) is 1. The van der Waals surface area contributed by atoms with Gasteiger partial charge in [-0.1, -0.05) is 23.2 Å². The summed E-state index contributed by atoms with van der Waals surface area (Å²) in [5.41, 5.74) is 0.847. The number of aryl methyl sites for hydroxylation is 1. The Bertz CT molecular complexity index is 1100. The molecule has 0 aliphatic carbocycles. The molecule has 1 unspecified atom stereocenters. The third kappa shape index (κ3) is 3.19. The number of nitrogens with zero attached hydrogens (tertiary/aromatic N) is 6. The van der Waals surface area contributed by atoms with Crippen LogP contribution in [0.5, 0.6) is 0 Å². The molecule has 3 heterocycles. The van der Waals surface area contributed by atoms with Crippen LogP contribution in [0.25, 0.3) is 0 Å². The highest BCUT2D eigenvalue weighted by Gasteiger charge is 2.35. The third-order valence-corrected chi connectivity index (χ3v) is 4.68. The highest BCUT2D eigenvalue weighted by atomic mass is 35.5. The molecule has 9 nitrogen and oxygen atoms in total. The second kappa shape index (κ2) is 6.84. The zero-order valence-corrected chi connectivity index (χ0v) is 16.2. The van der Waals surface area contributed by atoms with Gasteiger partial charge in [0.05, 0.1) is 16.3 Å². The van der Waals surface area contributed by atoms with Gasteiger partial charge in [-0.15, -0.1) is 0 Å². The van der Waals surface area contributed by atoms with Gasteiger partial charge >= 0.3 is 0 Å². The lowest BCUT2D eigenvalue weighted by molar-refractivity contribution is -0.118. The first-order valence-corrected chi connectivity index (χ1v) is 8.91. The van der Waals surface area contributed by atoms with Crippen LogP contribution < -0.4 is 5.32 Å². The van der Waals surface area contributed by atoms with Crippen LogP contribution in [0.1, 0.15) is 16.1 Å². The maximum Gasteiger partial charge on any atom is 0.265 e. The normalized spacial score (nSPS) is 18.1. The summed E-state index contributed by atoms with van der Waals surface area (Å²) in [4.78, 5) is 33.3. The van der Waals surface area contributed by atoms with Gasteiger partial charge < -0.3 is 5.32 Å². The van der Waals surface area contributed by atoms with E-state index in [9.17, 15) is 9.59 Å². The van der Waals surface area contributed by atoms with Gasteiger partial charge in [-0.3, -0.25) is 14.6 Å². The molecule has 28 heavy (non-hydrogen) atoms. The summed E-state index contributed by atoms with van der Waals surface area (Å²) in [6, 6.07) is 6.20. The number of aromatic nitrogens is 2. The monoisotopic (exact) mass is 417 g/mol. The molecule has 11 heteroatoms. The van der Waals surface area contributed by atoms with Crippen molar-refractivity contribution in [2.75, 3.05) is 12.4 Å². The van der Waals surface area contributed by atoms with E-state index in [1.165, 1.54) is 28.0 Å². The molecule has 2 amide bonds. The van der Waals surface area contributed by atoms with E-state index in [2.05, 4.69) is 25.5 Å². The van der Waals surface area contributed by atoms with Gasteiger partial charge in [0.15, 0.2) is 0 Å². The van der Waals surface area contributed by atoms with E-state index in [1.807, 2.05) is 0 Å². The first kappa shape index (κ1) is 18.3. The molecular formula is C17H13Cl2N7O2. The van der Waals surface area contributed by atoms with E-state index in [4.69, 9.17) is 23.2 Å².